The molecule has 0 amide bonds. The van der Waals surface area contributed by atoms with Gasteiger partial charge in [0.15, 0.2) is 34.0 Å². The Morgan fingerprint density at radius 1 is 0.667 bits per heavy atom. The van der Waals surface area contributed by atoms with E-state index < -0.39 is 98.7 Å². The van der Waals surface area contributed by atoms with E-state index in [0.29, 0.717) is 77.6 Å². The number of imidazole rings is 2. The third-order valence-corrected chi connectivity index (χ3v) is 22.8. The monoisotopic (exact) mass is 1650 g/mol. The third-order valence-electron chi connectivity index (χ3n) is 18.2. The van der Waals surface area contributed by atoms with Gasteiger partial charge in [0.05, 0.1) is 82.7 Å². The molecule has 0 saturated carbocycles. The number of nitriles is 1. The number of fused-ring (bicyclic) bond motifs is 2. The number of nitrogens with two attached hydrogens (primary N) is 1. The first-order valence-corrected chi connectivity index (χ1v) is 40.7. The molecule has 14 atom stereocenters. The number of aromatic amines is 2. The molecular weight excluding hydrogens is 1540 g/mol. The second-order valence-corrected chi connectivity index (χ2v) is 32.9. The maximum Gasteiger partial charge on any atom is 0.330 e. The SMILES string of the molecule is CC(=O)CCC(=O)OC[C@H]1O[C@@H](n2cc(C)c(=O)[nH]c2=O)C[C@@H]1N.CN[C@H]1C[C@H](n2cnc3c(N=CN(C)C)ncnc32)O[C@@H]1COP(OCCC#N)N(C(C)C)C(C)C.[C-]#[N+]CCOP(=S)(N[C@H]1C[C@H](n2cc(C)c(=O)[nH]c2=O)O[C@@H]1COC(=O)CCC(C)=O)OC[C@H]1O[C@@H](n2cnc3c(N=CN(C)C)ncnc32)C[C@@H]1NC. The minimum absolute atomic E-state index is 0.00935. The van der Waals surface area contributed by atoms with Crippen molar-refractivity contribution in [1.29, 1.82) is 5.26 Å². The van der Waals surface area contributed by atoms with E-state index in [1.807, 2.05) is 56.3 Å². The summed E-state index contributed by atoms with van der Waals surface area (Å²) in [7, 11) is 9.89. The van der Waals surface area contributed by atoms with Crippen molar-refractivity contribution in [2.24, 2.45) is 15.7 Å². The highest BCUT2D eigenvalue weighted by Crippen LogP contribution is 2.49. The predicted octanol–water partition coefficient (Wildman–Crippen LogP) is 3.70. The summed E-state index contributed by atoms with van der Waals surface area (Å²) >= 11 is 5.98. The van der Waals surface area contributed by atoms with Gasteiger partial charge in [0.1, 0.15) is 81.2 Å². The van der Waals surface area contributed by atoms with Crippen molar-refractivity contribution in [1.82, 2.24) is 88.3 Å². The summed E-state index contributed by atoms with van der Waals surface area (Å²) in [6.07, 6.45) is 10.2. The summed E-state index contributed by atoms with van der Waals surface area (Å²) in [5.74, 6) is -0.413. The number of H-pyrrole nitrogens is 2. The van der Waals surface area contributed by atoms with Crippen LogP contribution in [0.4, 0.5) is 11.6 Å². The van der Waals surface area contributed by atoms with Gasteiger partial charge in [0.25, 0.3) is 26.3 Å². The highest BCUT2D eigenvalue weighted by Gasteiger charge is 2.44. The lowest BCUT2D eigenvalue weighted by Crippen LogP contribution is -2.40. The van der Waals surface area contributed by atoms with E-state index in [0.717, 1.165) is 6.42 Å². The molecule has 114 heavy (non-hydrogen) atoms. The lowest BCUT2D eigenvalue weighted by Gasteiger charge is -2.36. The zero-order valence-electron chi connectivity index (χ0n) is 66.3. The maximum absolute atomic E-state index is 12.8. The van der Waals surface area contributed by atoms with Crippen molar-refractivity contribution in [3.05, 3.63) is 102 Å². The average Bonchev–Trinajstić information content (AvgIpc) is 1.64. The molecule has 4 aliphatic rings. The van der Waals surface area contributed by atoms with Crippen LogP contribution in [0.2, 0.25) is 0 Å². The Balaban J connectivity index is 0.000000233. The molecule has 7 N–H and O–H groups in total. The number of hydrogen-bond donors (Lipinski definition) is 6. The van der Waals surface area contributed by atoms with Crippen LogP contribution in [-0.4, -0.2) is 258 Å². The van der Waals surface area contributed by atoms with Gasteiger partial charge in [-0.2, -0.15) is 5.26 Å². The molecule has 4 saturated heterocycles. The number of aromatic nitrogens is 12. The number of carbonyl (C=O) groups is 4. The molecule has 4 aliphatic heterocycles. The topological polar surface area (TPSA) is 482 Å². The minimum Gasteiger partial charge on any atom is -0.463 e. The summed E-state index contributed by atoms with van der Waals surface area (Å²) in [6, 6.07) is 1.40. The Morgan fingerprint density at radius 2 is 1.11 bits per heavy atom. The molecule has 44 heteroatoms. The van der Waals surface area contributed by atoms with E-state index >= 15 is 0 Å². The van der Waals surface area contributed by atoms with E-state index in [-0.39, 0.29) is 113 Å². The first-order valence-electron chi connectivity index (χ1n) is 37.0. The van der Waals surface area contributed by atoms with Gasteiger partial charge < -0.3 is 87.1 Å². The number of nitrogens with one attached hydrogen (secondary N) is 5. The van der Waals surface area contributed by atoms with Crippen LogP contribution in [0.1, 0.15) is 135 Å². The van der Waals surface area contributed by atoms with Crippen LogP contribution in [0.3, 0.4) is 0 Å². The van der Waals surface area contributed by atoms with Crippen molar-refractivity contribution < 1.29 is 65.7 Å². The van der Waals surface area contributed by atoms with E-state index in [4.69, 9.17) is 75.9 Å². The van der Waals surface area contributed by atoms with Crippen molar-refractivity contribution in [3.8, 4) is 6.07 Å². The van der Waals surface area contributed by atoms with Gasteiger partial charge in [-0.1, -0.05) is 0 Å². The first kappa shape index (κ1) is 90.8. The molecule has 41 nitrogen and oxygen atoms in total. The number of ether oxygens (including phenoxy) is 6. The number of esters is 2. The summed E-state index contributed by atoms with van der Waals surface area (Å²) in [5, 5.41) is 18.8. The minimum atomic E-state index is -3.42. The van der Waals surface area contributed by atoms with Crippen molar-refractivity contribution >= 4 is 97.1 Å². The van der Waals surface area contributed by atoms with Crippen LogP contribution in [-0.2, 0) is 77.5 Å². The molecule has 2 unspecified atom stereocenters. The fraction of sp³-hybridized carbons (Fsp3) is 0.629. The zero-order chi connectivity index (χ0) is 83.1. The number of ketones is 2. The Labute approximate surface area is 664 Å². The number of nitrogens with zero attached hydrogens (tertiary/aromatic N) is 17. The molecule has 0 bridgehead atoms. The normalized spacial score (nSPS) is 22.9. The van der Waals surface area contributed by atoms with Gasteiger partial charge >= 0.3 is 23.3 Å². The Hall–Kier alpha value is -8.78. The van der Waals surface area contributed by atoms with Gasteiger partial charge in [-0.3, -0.25) is 47.4 Å². The Morgan fingerprint density at radius 3 is 1.57 bits per heavy atom. The van der Waals surface area contributed by atoms with Gasteiger partial charge in [0.2, 0.25) is 6.54 Å². The summed E-state index contributed by atoms with van der Waals surface area (Å²) in [4.78, 5) is 141. The fourth-order valence-corrected chi connectivity index (χ4v) is 16.4. The summed E-state index contributed by atoms with van der Waals surface area (Å²) in [5.41, 5.74) is 6.77. The largest absolute Gasteiger partial charge is 0.463 e. The Kier molecular flexibility index (Phi) is 34.4. The lowest BCUT2D eigenvalue weighted by atomic mass is 10.1. The molecule has 10 rings (SSSR count). The van der Waals surface area contributed by atoms with Gasteiger partial charge in [-0.25, -0.2) is 65.8 Å². The highest BCUT2D eigenvalue weighted by atomic mass is 32.5. The average molecular weight is 1650 g/mol. The van der Waals surface area contributed by atoms with Crippen LogP contribution < -0.4 is 44.0 Å². The zero-order valence-corrected chi connectivity index (χ0v) is 69.0. The molecule has 0 radical (unpaired) electrons. The molecule has 622 valence electrons. The van der Waals surface area contributed by atoms with Crippen LogP contribution in [0.5, 0.6) is 0 Å². The Bertz CT molecular complexity index is 4680. The quantitative estimate of drug-likeness (QED) is 0.00808. The summed E-state index contributed by atoms with van der Waals surface area (Å²) < 4.78 is 68.6. The predicted molar refractivity (Wildman–Crippen MR) is 422 cm³/mol. The maximum atomic E-state index is 12.8. The van der Waals surface area contributed by atoms with E-state index in [1.165, 1.54) is 48.0 Å². The second-order valence-electron chi connectivity index (χ2n) is 28.2. The summed E-state index contributed by atoms with van der Waals surface area (Å²) in [6.45, 7) is 18.6. The van der Waals surface area contributed by atoms with Crippen LogP contribution >= 0.6 is 15.2 Å². The molecular formula is C70H103N23O18P2S. The molecule has 0 spiro atoms. The molecule has 4 fully saturated rings. The number of rotatable bonds is 37. The fourth-order valence-electron chi connectivity index (χ4n) is 12.4. The number of carbonyl (C=O) groups excluding carboxylic acids is 4. The molecule has 10 heterocycles. The molecule has 0 aliphatic carbocycles. The van der Waals surface area contributed by atoms with Gasteiger partial charge in [-0.15, -0.1) is 0 Å². The standard InChI is InChI=1S/C32H44N11O9PS.C23H38N9O3P.C15H21N3O6/c1-19-13-42(32(47)39-31(19)46)25-12-22(23(51-25)14-48-27(45)8-7-20(2)44)40-53(54,49-10-9-33-3)50-15-24-21(34-4)11-26(52-24)43-18-37-28-29(38-17-41(5)6)35-16-36-30(28)43;1-16(2)32(17(3)4)36(33-10-8-9-24)34-12-19-18(25-5)11-20(35-19)31-15-28-21-22(29-14-30(6)7)26-13-27-23(21)31;1-8-6-18(15(22)17-14(8)21)12-5-10(16)11(24-12)7-23-13(20)4-3-9(2)19/h13,16-18,21-26,34H,7-12,14-15H2,1-2,4-6H3,(H,40,54)(H,39,46,47);13-20,25H,8,10-12H2,1-7H3;6,10-12H,3-5,7,16H2,1-2H3,(H,17,21,22)/t21-,22-,23+,24+,25+,26+,53?;18-,19+,20+,36?;10-,11+,12+/m000/s1. The first-order chi connectivity index (χ1) is 54.3. The molecule has 6 aromatic rings. The number of aliphatic imine (C=N–C) groups is 2. The van der Waals surface area contributed by atoms with E-state index in [9.17, 15) is 38.4 Å². The van der Waals surface area contributed by atoms with Crippen molar-refractivity contribution in [3.63, 3.8) is 0 Å². The van der Waals surface area contributed by atoms with Crippen LogP contribution in [0.15, 0.2) is 66.9 Å². The van der Waals surface area contributed by atoms with Crippen molar-refractivity contribution in [2.45, 2.75) is 199 Å². The van der Waals surface area contributed by atoms with E-state index in [1.54, 1.807) is 44.1 Å². The smallest absolute Gasteiger partial charge is 0.330 e. The van der Waals surface area contributed by atoms with Crippen LogP contribution in [0.25, 0.3) is 27.2 Å². The molecule has 0 aromatic carbocycles. The van der Waals surface area contributed by atoms with E-state index in [2.05, 4.69) is 109 Å². The lowest BCUT2D eigenvalue weighted by molar-refractivity contribution is -0.150. The molecule has 6 aromatic heterocycles. The second kappa shape index (κ2) is 43.3. The number of Topliss-reactive ketones (excluding diaryl/α,β-unsaturated/α-hetero) is 2. The number of hydrogen-bond acceptors (Lipinski definition) is 32. The van der Waals surface area contributed by atoms with Crippen LogP contribution in [0, 0.1) is 31.8 Å². The van der Waals surface area contributed by atoms with Gasteiger partial charge in [-0.05, 0) is 81.3 Å². The third kappa shape index (κ3) is 25.4. The number of likely N-dealkylation sites (N-methyl/N-ethyl adjacent to an activating group) is 2. The highest BCUT2D eigenvalue weighted by molar-refractivity contribution is 8.09. The van der Waals surface area contributed by atoms with Crippen molar-refractivity contribution in [2.75, 3.05) is 88.5 Å². The number of aryl methyl sites for hydroxylation is 2. The van der Waals surface area contributed by atoms with Gasteiger partial charge in [0, 0.05) is 126 Å².